The van der Waals surface area contributed by atoms with Crippen LogP contribution in [-0.4, -0.2) is 40.4 Å². The molecule has 0 radical (unpaired) electrons. The fraction of sp³-hybridized carbons (Fsp3) is 0.650. The molecule has 2 fully saturated rings. The first-order chi connectivity index (χ1) is 12.6. The average molecular weight is 383 g/mol. The van der Waals surface area contributed by atoms with Crippen molar-refractivity contribution in [3.8, 4) is 5.75 Å². The Kier molecular flexibility index (Phi) is 5.34. The normalized spacial score (nSPS) is 28.2. The third-order valence-electron chi connectivity index (χ3n) is 5.23. The SMILES string of the molecule is CC(C)(C)OC(=O)N1C2CCCC1CC(O)(c1ccc(OC(F)F)cc1)C2. The first-order valence-electron chi connectivity index (χ1n) is 9.36. The number of rotatable bonds is 3. The van der Waals surface area contributed by atoms with Crippen molar-refractivity contribution in [2.75, 3.05) is 0 Å². The molecule has 2 bridgehead atoms. The quantitative estimate of drug-likeness (QED) is 0.839. The molecule has 3 rings (SSSR count). The molecule has 27 heavy (non-hydrogen) atoms. The van der Waals surface area contributed by atoms with Crippen molar-refractivity contribution in [1.82, 2.24) is 4.90 Å². The van der Waals surface area contributed by atoms with E-state index in [1.165, 1.54) is 12.1 Å². The summed E-state index contributed by atoms with van der Waals surface area (Å²) in [5.41, 5.74) is -1.01. The Hall–Kier alpha value is -1.89. The molecule has 2 atom stereocenters. The molecule has 1 aromatic carbocycles. The van der Waals surface area contributed by atoms with Crippen molar-refractivity contribution in [2.45, 2.75) is 82.8 Å². The van der Waals surface area contributed by atoms with Gasteiger partial charge in [-0.1, -0.05) is 12.1 Å². The van der Waals surface area contributed by atoms with E-state index in [1.807, 2.05) is 20.8 Å². The predicted molar refractivity (Wildman–Crippen MR) is 95.7 cm³/mol. The zero-order chi connectivity index (χ0) is 19.8. The second-order valence-electron chi connectivity index (χ2n) is 8.47. The van der Waals surface area contributed by atoms with E-state index in [9.17, 15) is 18.7 Å². The number of amides is 1. The maximum absolute atomic E-state index is 12.7. The first kappa shape index (κ1) is 19.9. The highest BCUT2D eigenvalue weighted by molar-refractivity contribution is 5.69. The summed E-state index contributed by atoms with van der Waals surface area (Å²) in [7, 11) is 0. The van der Waals surface area contributed by atoms with Crippen molar-refractivity contribution in [1.29, 1.82) is 0 Å². The van der Waals surface area contributed by atoms with Gasteiger partial charge in [-0.15, -0.1) is 0 Å². The third-order valence-corrected chi connectivity index (χ3v) is 5.23. The minimum atomic E-state index is -2.88. The third kappa shape index (κ3) is 4.51. The molecule has 2 saturated heterocycles. The molecule has 1 aromatic rings. The van der Waals surface area contributed by atoms with E-state index < -0.39 is 17.8 Å². The fourth-order valence-electron chi connectivity index (χ4n) is 4.22. The molecule has 0 saturated carbocycles. The van der Waals surface area contributed by atoms with E-state index in [1.54, 1.807) is 17.0 Å². The lowest BCUT2D eigenvalue weighted by Crippen LogP contribution is -2.59. The largest absolute Gasteiger partial charge is 0.444 e. The van der Waals surface area contributed by atoms with E-state index in [2.05, 4.69) is 4.74 Å². The monoisotopic (exact) mass is 383 g/mol. The molecule has 150 valence electrons. The Labute approximate surface area is 158 Å². The van der Waals surface area contributed by atoms with Crippen molar-refractivity contribution >= 4 is 6.09 Å². The minimum Gasteiger partial charge on any atom is -0.444 e. The zero-order valence-corrected chi connectivity index (χ0v) is 16.0. The number of nitrogens with zero attached hydrogens (tertiary/aromatic N) is 1. The number of aliphatic hydroxyl groups is 1. The van der Waals surface area contributed by atoms with Gasteiger partial charge in [0, 0.05) is 24.9 Å². The smallest absolute Gasteiger partial charge is 0.410 e. The molecule has 2 unspecified atom stereocenters. The Morgan fingerprint density at radius 3 is 2.22 bits per heavy atom. The molecule has 0 aliphatic carbocycles. The minimum absolute atomic E-state index is 0.0590. The summed E-state index contributed by atoms with van der Waals surface area (Å²) in [5.74, 6) is 0.0590. The summed E-state index contributed by atoms with van der Waals surface area (Å²) in [6.45, 7) is 2.63. The van der Waals surface area contributed by atoms with E-state index in [4.69, 9.17) is 4.74 Å². The highest BCUT2D eigenvalue weighted by Crippen LogP contribution is 2.45. The summed E-state index contributed by atoms with van der Waals surface area (Å²) in [4.78, 5) is 14.4. The summed E-state index contributed by atoms with van der Waals surface area (Å²) in [5, 5.41) is 11.3. The maximum Gasteiger partial charge on any atom is 0.410 e. The van der Waals surface area contributed by atoms with Gasteiger partial charge >= 0.3 is 12.7 Å². The van der Waals surface area contributed by atoms with Crippen LogP contribution in [0.15, 0.2) is 24.3 Å². The van der Waals surface area contributed by atoms with Crippen molar-refractivity contribution in [2.24, 2.45) is 0 Å². The molecular formula is C20H27F2NO4. The molecule has 1 N–H and O–H groups in total. The number of carbonyl (C=O) groups is 1. The highest BCUT2D eigenvalue weighted by atomic mass is 19.3. The number of hydrogen-bond donors (Lipinski definition) is 1. The Morgan fingerprint density at radius 1 is 1.19 bits per heavy atom. The van der Waals surface area contributed by atoms with Crippen LogP contribution in [0.2, 0.25) is 0 Å². The van der Waals surface area contributed by atoms with Gasteiger partial charge in [0.05, 0.1) is 5.60 Å². The van der Waals surface area contributed by atoms with Crippen molar-refractivity contribution in [3.05, 3.63) is 29.8 Å². The van der Waals surface area contributed by atoms with Crippen LogP contribution >= 0.6 is 0 Å². The van der Waals surface area contributed by atoms with Crippen LogP contribution in [-0.2, 0) is 10.3 Å². The van der Waals surface area contributed by atoms with Gasteiger partial charge < -0.3 is 19.5 Å². The number of halogens is 2. The second-order valence-corrected chi connectivity index (χ2v) is 8.47. The summed E-state index contributed by atoms with van der Waals surface area (Å²) >= 11 is 0. The lowest BCUT2D eigenvalue weighted by molar-refractivity contribution is -0.0965. The Bertz CT molecular complexity index is 658. The van der Waals surface area contributed by atoms with Crippen LogP contribution in [0.4, 0.5) is 13.6 Å². The van der Waals surface area contributed by atoms with E-state index in [0.717, 1.165) is 19.3 Å². The van der Waals surface area contributed by atoms with Crippen LogP contribution in [0.5, 0.6) is 5.75 Å². The maximum atomic E-state index is 12.7. The van der Waals surface area contributed by atoms with Gasteiger partial charge in [-0.25, -0.2) is 4.79 Å². The Morgan fingerprint density at radius 2 is 1.74 bits per heavy atom. The molecule has 2 aliphatic rings. The molecule has 2 heterocycles. The molecule has 2 aliphatic heterocycles. The van der Waals surface area contributed by atoms with Gasteiger partial charge in [0.15, 0.2) is 0 Å². The highest BCUT2D eigenvalue weighted by Gasteiger charge is 2.49. The molecule has 7 heteroatoms. The van der Waals surface area contributed by atoms with Crippen LogP contribution in [0.25, 0.3) is 0 Å². The summed E-state index contributed by atoms with van der Waals surface area (Å²) in [6.07, 6.45) is 3.09. The Balaban J connectivity index is 1.77. The summed E-state index contributed by atoms with van der Waals surface area (Å²) < 4.78 is 34.6. The predicted octanol–water partition coefficient (Wildman–Crippen LogP) is 4.43. The lowest BCUT2D eigenvalue weighted by atomic mass is 9.72. The second kappa shape index (κ2) is 7.26. The number of hydrogen-bond acceptors (Lipinski definition) is 4. The average Bonchev–Trinajstić information content (AvgIpc) is 2.52. The topological polar surface area (TPSA) is 59.0 Å². The van der Waals surface area contributed by atoms with Gasteiger partial charge in [-0.05, 0) is 57.7 Å². The fourth-order valence-corrected chi connectivity index (χ4v) is 4.22. The van der Waals surface area contributed by atoms with Gasteiger partial charge in [0.2, 0.25) is 0 Å². The standard InChI is InChI=1S/C20H27F2NO4/c1-19(2,3)27-18(24)23-14-5-4-6-15(23)12-20(25,11-14)13-7-9-16(10-8-13)26-17(21)22/h7-10,14-15,17,25H,4-6,11-12H2,1-3H3. The van der Waals surface area contributed by atoms with E-state index in [0.29, 0.717) is 18.4 Å². The number of piperidine rings is 2. The number of carbonyl (C=O) groups excluding carboxylic acids is 1. The number of alkyl halides is 2. The van der Waals surface area contributed by atoms with Crippen molar-refractivity contribution in [3.63, 3.8) is 0 Å². The van der Waals surface area contributed by atoms with Crippen molar-refractivity contribution < 1.29 is 28.2 Å². The molecule has 1 amide bonds. The van der Waals surface area contributed by atoms with E-state index in [-0.39, 0.29) is 23.9 Å². The van der Waals surface area contributed by atoms with Crippen LogP contribution in [0.3, 0.4) is 0 Å². The zero-order valence-electron chi connectivity index (χ0n) is 16.0. The number of ether oxygens (including phenoxy) is 2. The van der Waals surface area contributed by atoms with Crippen LogP contribution in [0.1, 0.15) is 58.4 Å². The van der Waals surface area contributed by atoms with Crippen LogP contribution in [0, 0.1) is 0 Å². The number of benzene rings is 1. The van der Waals surface area contributed by atoms with Gasteiger partial charge in [0.25, 0.3) is 0 Å². The van der Waals surface area contributed by atoms with Crippen LogP contribution < -0.4 is 4.74 Å². The van der Waals surface area contributed by atoms with E-state index >= 15 is 0 Å². The van der Waals surface area contributed by atoms with Gasteiger partial charge in [-0.2, -0.15) is 8.78 Å². The molecular weight excluding hydrogens is 356 g/mol. The molecule has 5 nitrogen and oxygen atoms in total. The number of fused-ring (bicyclic) bond motifs is 2. The lowest BCUT2D eigenvalue weighted by Gasteiger charge is -2.51. The van der Waals surface area contributed by atoms with Gasteiger partial charge in [0.1, 0.15) is 11.4 Å². The molecule has 0 aromatic heterocycles. The van der Waals surface area contributed by atoms with Gasteiger partial charge in [-0.3, -0.25) is 0 Å². The molecule has 0 spiro atoms. The first-order valence-corrected chi connectivity index (χ1v) is 9.36. The summed E-state index contributed by atoms with van der Waals surface area (Å²) in [6, 6.07) is 5.92.